The Morgan fingerprint density at radius 3 is 2.81 bits per heavy atom. The molecule has 21 heavy (non-hydrogen) atoms. The van der Waals surface area contributed by atoms with E-state index in [1.807, 2.05) is 6.92 Å². The van der Waals surface area contributed by atoms with Gasteiger partial charge in [0, 0.05) is 34.5 Å². The van der Waals surface area contributed by atoms with Crippen LogP contribution in [-0.2, 0) is 6.54 Å². The zero-order chi connectivity index (χ0) is 15.4. The molecule has 0 atom stereocenters. The minimum absolute atomic E-state index is 0.0943. The van der Waals surface area contributed by atoms with Crippen molar-refractivity contribution in [3.05, 3.63) is 45.9 Å². The van der Waals surface area contributed by atoms with Gasteiger partial charge in [-0.05, 0) is 25.1 Å². The second-order valence-electron chi connectivity index (χ2n) is 4.98. The Bertz CT molecular complexity index is 634. The van der Waals surface area contributed by atoms with Gasteiger partial charge in [0.15, 0.2) is 11.6 Å². The average Bonchev–Trinajstić information content (AvgIpc) is 2.42. The fourth-order valence-electron chi connectivity index (χ4n) is 1.66. The summed E-state index contributed by atoms with van der Waals surface area (Å²) in [4.78, 5) is 8.39. The van der Waals surface area contributed by atoms with E-state index in [0.29, 0.717) is 12.6 Å². The Morgan fingerprint density at radius 2 is 2.14 bits per heavy atom. The predicted molar refractivity (Wildman–Crippen MR) is 82.9 cm³/mol. The van der Waals surface area contributed by atoms with E-state index in [9.17, 15) is 4.39 Å². The first-order valence-electron chi connectivity index (χ1n) is 6.64. The molecule has 2 aromatic rings. The summed E-state index contributed by atoms with van der Waals surface area (Å²) in [5.41, 5.74) is 1.80. The lowest BCUT2D eigenvalue weighted by molar-refractivity contribution is 0.408. The third-order valence-electron chi connectivity index (χ3n) is 2.85. The van der Waals surface area contributed by atoms with Crippen LogP contribution in [0.2, 0.25) is 0 Å². The van der Waals surface area contributed by atoms with Crippen molar-refractivity contribution in [2.75, 3.05) is 0 Å². The maximum Gasteiger partial charge on any atom is 0.322 e. The van der Waals surface area contributed by atoms with Gasteiger partial charge in [0.05, 0.1) is 0 Å². The minimum atomic E-state index is -0.454. The van der Waals surface area contributed by atoms with Gasteiger partial charge in [-0.15, -0.1) is 0 Å². The Balaban J connectivity index is 2.14. The number of halogens is 2. The van der Waals surface area contributed by atoms with Crippen molar-refractivity contribution in [3.8, 4) is 11.8 Å². The Morgan fingerprint density at radius 1 is 1.38 bits per heavy atom. The molecule has 0 amide bonds. The van der Waals surface area contributed by atoms with Crippen molar-refractivity contribution in [1.29, 1.82) is 0 Å². The molecule has 0 spiro atoms. The maximum atomic E-state index is 13.6. The number of ether oxygens (including phenoxy) is 1. The standard InChI is InChI=1S/C15H17BrFN3O/c1-9(2)18-7-11-8-19-15(20-10(11)3)21-14-6-12(16)4-5-13(14)17/h4-6,8-9,18H,7H2,1-3H3. The molecule has 1 aromatic carbocycles. The highest BCUT2D eigenvalue weighted by Gasteiger charge is 2.09. The van der Waals surface area contributed by atoms with Crippen molar-refractivity contribution >= 4 is 15.9 Å². The summed E-state index contributed by atoms with van der Waals surface area (Å²) in [7, 11) is 0. The van der Waals surface area contributed by atoms with Crippen LogP contribution in [0.15, 0.2) is 28.9 Å². The molecule has 2 rings (SSSR count). The van der Waals surface area contributed by atoms with E-state index in [4.69, 9.17) is 4.74 Å². The summed E-state index contributed by atoms with van der Waals surface area (Å²) < 4.78 is 19.8. The van der Waals surface area contributed by atoms with Crippen LogP contribution >= 0.6 is 15.9 Å². The Labute approximate surface area is 131 Å². The number of aryl methyl sites for hydroxylation is 1. The Kier molecular flexibility index (Phi) is 5.25. The summed E-state index contributed by atoms with van der Waals surface area (Å²) in [6.07, 6.45) is 1.70. The molecule has 0 radical (unpaired) electrons. The van der Waals surface area contributed by atoms with E-state index in [0.717, 1.165) is 15.7 Å². The second-order valence-corrected chi connectivity index (χ2v) is 5.89. The average molecular weight is 354 g/mol. The highest BCUT2D eigenvalue weighted by Crippen LogP contribution is 2.25. The number of nitrogens with one attached hydrogen (secondary N) is 1. The molecule has 0 aliphatic rings. The molecule has 0 aliphatic carbocycles. The molecule has 0 saturated carbocycles. The van der Waals surface area contributed by atoms with Crippen molar-refractivity contribution in [2.45, 2.75) is 33.4 Å². The lowest BCUT2D eigenvalue weighted by Crippen LogP contribution is -2.22. The number of nitrogens with zero attached hydrogens (tertiary/aromatic N) is 2. The minimum Gasteiger partial charge on any atom is -0.421 e. The van der Waals surface area contributed by atoms with Crippen LogP contribution in [0.1, 0.15) is 25.1 Å². The molecule has 0 fully saturated rings. The summed E-state index contributed by atoms with van der Waals surface area (Å²) in [5, 5.41) is 3.30. The number of benzene rings is 1. The lowest BCUT2D eigenvalue weighted by atomic mass is 10.2. The van der Waals surface area contributed by atoms with E-state index in [-0.39, 0.29) is 11.8 Å². The van der Waals surface area contributed by atoms with Gasteiger partial charge in [-0.25, -0.2) is 9.37 Å². The second kappa shape index (κ2) is 6.95. The topological polar surface area (TPSA) is 47.0 Å². The third-order valence-corrected chi connectivity index (χ3v) is 3.35. The van der Waals surface area contributed by atoms with E-state index < -0.39 is 5.82 Å². The molecule has 0 saturated heterocycles. The molecule has 6 heteroatoms. The molecular weight excluding hydrogens is 337 g/mol. The predicted octanol–water partition coefficient (Wildman–Crippen LogP) is 3.98. The third kappa shape index (κ3) is 4.47. The summed E-state index contributed by atoms with van der Waals surface area (Å²) in [5.74, 6) is -0.359. The van der Waals surface area contributed by atoms with Crippen LogP contribution in [0.25, 0.3) is 0 Å². The van der Waals surface area contributed by atoms with Crippen LogP contribution in [-0.4, -0.2) is 16.0 Å². The van der Waals surface area contributed by atoms with Gasteiger partial charge in [0.2, 0.25) is 0 Å². The van der Waals surface area contributed by atoms with Gasteiger partial charge in [-0.3, -0.25) is 0 Å². The summed E-state index contributed by atoms with van der Waals surface area (Å²) >= 11 is 3.27. The molecular formula is C15H17BrFN3O. The highest BCUT2D eigenvalue weighted by molar-refractivity contribution is 9.10. The molecule has 0 bridgehead atoms. The first-order valence-corrected chi connectivity index (χ1v) is 7.44. The van der Waals surface area contributed by atoms with Crippen LogP contribution in [0.3, 0.4) is 0 Å². The van der Waals surface area contributed by atoms with Gasteiger partial charge in [-0.2, -0.15) is 4.98 Å². The zero-order valence-electron chi connectivity index (χ0n) is 12.2. The fourth-order valence-corrected chi connectivity index (χ4v) is 2.00. The highest BCUT2D eigenvalue weighted by atomic mass is 79.9. The van der Waals surface area contributed by atoms with Gasteiger partial charge in [-0.1, -0.05) is 29.8 Å². The number of hydrogen-bond donors (Lipinski definition) is 1. The molecule has 112 valence electrons. The van der Waals surface area contributed by atoms with E-state index in [2.05, 4.69) is 45.1 Å². The largest absolute Gasteiger partial charge is 0.421 e. The van der Waals surface area contributed by atoms with Crippen molar-refractivity contribution < 1.29 is 9.13 Å². The smallest absolute Gasteiger partial charge is 0.322 e. The van der Waals surface area contributed by atoms with Gasteiger partial charge in [0.1, 0.15) is 0 Å². The number of aromatic nitrogens is 2. The normalized spacial score (nSPS) is 11.0. The monoisotopic (exact) mass is 353 g/mol. The fraction of sp³-hybridized carbons (Fsp3) is 0.333. The van der Waals surface area contributed by atoms with Crippen LogP contribution in [0, 0.1) is 12.7 Å². The van der Waals surface area contributed by atoms with Crippen molar-refractivity contribution in [3.63, 3.8) is 0 Å². The summed E-state index contributed by atoms with van der Waals surface area (Å²) in [6, 6.07) is 5.00. The van der Waals surface area contributed by atoms with Crippen LogP contribution < -0.4 is 10.1 Å². The number of hydrogen-bond acceptors (Lipinski definition) is 4. The first kappa shape index (κ1) is 15.9. The molecule has 4 nitrogen and oxygen atoms in total. The molecule has 0 unspecified atom stereocenters. The van der Waals surface area contributed by atoms with Gasteiger partial charge >= 0.3 is 6.01 Å². The first-order chi connectivity index (χ1) is 9.95. The van der Waals surface area contributed by atoms with Gasteiger partial charge in [0.25, 0.3) is 0 Å². The molecule has 1 heterocycles. The van der Waals surface area contributed by atoms with E-state index in [1.54, 1.807) is 18.3 Å². The number of rotatable bonds is 5. The Hall–Kier alpha value is -1.53. The van der Waals surface area contributed by atoms with Crippen molar-refractivity contribution in [1.82, 2.24) is 15.3 Å². The molecule has 0 aliphatic heterocycles. The molecule has 1 aromatic heterocycles. The van der Waals surface area contributed by atoms with E-state index in [1.165, 1.54) is 6.07 Å². The zero-order valence-corrected chi connectivity index (χ0v) is 13.7. The van der Waals surface area contributed by atoms with Crippen molar-refractivity contribution in [2.24, 2.45) is 0 Å². The van der Waals surface area contributed by atoms with Gasteiger partial charge < -0.3 is 10.1 Å². The van der Waals surface area contributed by atoms with Crippen LogP contribution in [0.4, 0.5) is 4.39 Å². The lowest BCUT2D eigenvalue weighted by Gasteiger charge is -2.11. The maximum absolute atomic E-state index is 13.6. The van der Waals surface area contributed by atoms with E-state index >= 15 is 0 Å². The quantitative estimate of drug-likeness (QED) is 0.883. The van der Waals surface area contributed by atoms with Crippen LogP contribution in [0.5, 0.6) is 11.8 Å². The SMILES string of the molecule is Cc1nc(Oc2cc(Br)ccc2F)ncc1CNC(C)C. The summed E-state index contributed by atoms with van der Waals surface area (Å²) in [6.45, 7) is 6.71. The molecule has 1 N–H and O–H groups in total.